The number of nitrogens with zero attached hydrogens (tertiary/aromatic N) is 2. The van der Waals surface area contributed by atoms with Crippen LogP contribution in [0.4, 0.5) is 4.79 Å². The van der Waals surface area contributed by atoms with Gasteiger partial charge < -0.3 is 20.2 Å². The van der Waals surface area contributed by atoms with Crippen molar-refractivity contribution in [3.8, 4) is 0 Å². The van der Waals surface area contributed by atoms with Gasteiger partial charge in [-0.3, -0.25) is 0 Å². The van der Waals surface area contributed by atoms with Crippen LogP contribution in [0.2, 0.25) is 0 Å². The lowest BCUT2D eigenvalue weighted by atomic mass is 9.77. The number of urea groups is 1. The third-order valence-corrected chi connectivity index (χ3v) is 4.97. The molecule has 0 bridgehead atoms. The predicted molar refractivity (Wildman–Crippen MR) is 80.2 cm³/mol. The Morgan fingerprint density at radius 1 is 1.19 bits per heavy atom. The average molecular weight is 297 g/mol. The first kappa shape index (κ1) is 16.1. The molecule has 120 valence electrons. The number of carbonyl (C=O) groups is 2. The van der Waals surface area contributed by atoms with Crippen LogP contribution in [0.3, 0.4) is 0 Å². The van der Waals surface area contributed by atoms with Crippen molar-refractivity contribution >= 4 is 12.0 Å². The van der Waals surface area contributed by atoms with Gasteiger partial charge in [-0.05, 0) is 45.6 Å². The molecule has 0 aromatic heterocycles. The number of carboxylic acids is 1. The molecule has 2 rings (SSSR count). The highest BCUT2D eigenvalue weighted by atomic mass is 16.4. The van der Waals surface area contributed by atoms with Gasteiger partial charge in [0.1, 0.15) is 5.54 Å². The highest BCUT2D eigenvalue weighted by Gasteiger charge is 2.43. The van der Waals surface area contributed by atoms with E-state index >= 15 is 0 Å². The Bertz CT molecular complexity index is 405. The molecule has 1 heterocycles. The van der Waals surface area contributed by atoms with Crippen LogP contribution in [0.25, 0.3) is 0 Å². The van der Waals surface area contributed by atoms with Gasteiger partial charge in [0.15, 0.2) is 0 Å². The van der Waals surface area contributed by atoms with Crippen molar-refractivity contribution in [2.45, 2.75) is 51.1 Å². The second-order valence-corrected chi connectivity index (χ2v) is 6.80. The predicted octanol–water partition coefficient (Wildman–Crippen LogP) is 1.37. The molecule has 0 radical (unpaired) electrons. The molecule has 1 saturated carbocycles. The van der Waals surface area contributed by atoms with Crippen molar-refractivity contribution in [3.05, 3.63) is 0 Å². The minimum absolute atomic E-state index is 0.108. The van der Waals surface area contributed by atoms with Crippen molar-refractivity contribution in [3.63, 3.8) is 0 Å². The molecule has 21 heavy (non-hydrogen) atoms. The lowest BCUT2D eigenvalue weighted by molar-refractivity contribution is -0.146. The molecule has 1 aliphatic heterocycles. The van der Waals surface area contributed by atoms with Crippen LogP contribution in [-0.2, 0) is 4.79 Å². The highest BCUT2D eigenvalue weighted by Crippen LogP contribution is 2.32. The number of hydrogen-bond donors (Lipinski definition) is 2. The van der Waals surface area contributed by atoms with Crippen LogP contribution in [0.15, 0.2) is 0 Å². The molecule has 2 amide bonds. The zero-order valence-corrected chi connectivity index (χ0v) is 13.3. The Morgan fingerprint density at radius 3 is 2.33 bits per heavy atom. The van der Waals surface area contributed by atoms with Crippen LogP contribution >= 0.6 is 0 Å². The first-order valence-corrected chi connectivity index (χ1v) is 7.85. The summed E-state index contributed by atoms with van der Waals surface area (Å²) in [7, 11) is 2.03. The fourth-order valence-corrected chi connectivity index (χ4v) is 3.37. The minimum atomic E-state index is -1.08. The maximum atomic E-state index is 12.5. The second-order valence-electron chi connectivity index (χ2n) is 6.80. The molecule has 2 N–H and O–H groups in total. The summed E-state index contributed by atoms with van der Waals surface area (Å²) in [5.74, 6) is -0.360. The van der Waals surface area contributed by atoms with E-state index in [1.807, 2.05) is 14.0 Å². The monoisotopic (exact) mass is 297 g/mol. The van der Waals surface area contributed by atoms with E-state index in [1.54, 1.807) is 4.90 Å². The van der Waals surface area contributed by atoms with Gasteiger partial charge in [-0.15, -0.1) is 0 Å². The van der Waals surface area contributed by atoms with E-state index in [1.165, 1.54) is 0 Å². The van der Waals surface area contributed by atoms with Crippen molar-refractivity contribution in [1.82, 2.24) is 15.1 Å². The zero-order valence-electron chi connectivity index (χ0n) is 13.3. The maximum Gasteiger partial charge on any atom is 0.329 e. The van der Waals surface area contributed by atoms with Gasteiger partial charge in [-0.2, -0.15) is 0 Å². The Balaban J connectivity index is 2.03. The summed E-state index contributed by atoms with van der Waals surface area (Å²) < 4.78 is 0. The molecule has 1 atom stereocenters. The molecule has 1 saturated heterocycles. The summed E-state index contributed by atoms with van der Waals surface area (Å²) in [5.41, 5.74) is -1.08. The summed E-state index contributed by atoms with van der Waals surface area (Å²) >= 11 is 0. The number of rotatable bonds is 2. The van der Waals surface area contributed by atoms with Gasteiger partial charge in [-0.25, -0.2) is 9.59 Å². The Kier molecular flexibility index (Phi) is 4.76. The lowest BCUT2D eigenvalue weighted by Gasteiger charge is -2.42. The van der Waals surface area contributed by atoms with Gasteiger partial charge in [0, 0.05) is 25.7 Å². The number of hydrogen-bond acceptors (Lipinski definition) is 3. The van der Waals surface area contributed by atoms with E-state index in [0.29, 0.717) is 25.3 Å². The van der Waals surface area contributed by atoms with E-state index in [9.17, 15) is 14.7 Å². The largest absolute Gasteiger partial charge is 0.480 e. The molecule has 6 nitrogen and oxygen atoms in total. The zero-order chi connectivity index (χ0) is 15.6. The molecule has 1 unspecified atom stereocenters. The van der Waals surface area contributed by atoms with Crippen molar-refractivity contribution in [2.24, 2.45) is 5.92 Å². The van der Waals surface area contributed by atoms with Gasteiger partial charge in [0.2, 0.25) is 0 Å². The topological polar surface area (TPSA) is 72.9 Å². The number of amides is 2. The van der Waals surface area contributed by atoms with Gasteiger partial charge in [0.25, 0.3) is 0 Å². The Labute approximate surface area is 126 Å². The first-order chi connectivity index (χ1) is 9.84. The molecule has 1 aliphatic carbocycles. The van der Waals surface area contributed by atoms with Crippen molar-refractivity contribution in [2.75, 3.05) is 26.7 Å². The van der Waals surface area contributed by atoms with E-state index < -0.39 is 11.5 Å². The van der Waals surface area contributed by atoms with Crippen LogP contribution in [-0.4, -0.2) is 65.2 Å². The normalized spacial score (nSPS) is 34.5. The quantitative estimate of drug-likeness (QED) is 0.807. The first-order valence-electron chi connectivity index (χ1n) is 7.85. The fourth-order valence-electron chi connectivity index (χ4n) is 3.37. The summed E-state index contributed by atoms with van der Waals surface area (Å²) in [6, 6.07) is -0.121. The summed E-state index contributed by atoms with van der Waals surface area (Å²) in [4.78, 5) is 28.2. The molecular weight excluding hydrogens is 270 g/mol. The smallest absolute Gasteiger partial charge is 0.329 e. The number of likely N-dealkylation sites (N-methyl/N-ethyl adjacent to an activating group) is 1. The van der Waals surface area contributed by atoms with Crippen molar-refractivity contribution in [1.29, 1.82) is 0 Å². The van der Waals surface area contributed by atoms with E-state index in [-0.39, 0.29) is 12.1 Å². The molecule has 2 fully saturated rings. The van der Waals surface area contributed by atoms with Crippen LogP contribution < -0.4 is 5.32 Å². The number of nitrogens with one attached hydrogen (secondary N) is 1. The van der Waals surface area contributed by atoms with Crippen LogP contribution in [0.1, 0.15) is 39.5 Å². The third kappa shape index (κ3) is 3.48. The number of carboxylic acid groups (broad SMARTS) is 1. The van der Waals surface area contributed by atoms with Gasteiger partial charge in [-0.1, -0.05) is 6.92 Å². The molecule has 0 aromatic rings. The van der Waals surface area contributed by atoms with E-state index in [4.69, 9.17) is 0 Å². The molecular formula is C15H27N3O3. The van der Waals surface area contributed by atoms with Gasteiger partial charge in [0.05, 0.1) is 0 Å². The standard InChI is InChI=1S/C15H27N3O3/c1-11-4-6-15(7-5-11,13(19)20)16-14(21)18-9-8-17(3)10-12(18)2/h11-12H,4-10H2,1-3H3,(H,16,21)(H,19,20). The number of aliphatic carboxylic acids is 1. The van der Waals surface area contributed by atoms with Crippen molar-refractivity contribution < 1.29 is 14.7 Å². The number of carbonyl (C=O) groups excluding carboxylic acids is 1. The summed E-state index contributed by atoms with van der Waals surface area (Å²) in [6.07, 6.45) is 2.75. The van der Waals surface area contributed by atoms with Crippen LogP contribution in [0.5, 0.6) is 0 Å². The molecule has 2 aliphatic rings. The lowest BCUT2D eigenvalue weighted by Crippen LogP contribution is -2.63. The molecule has 0 aromatic carbocycles. The SMILES string of the molecule is CC1CCC(NC(=O)N2CCN(C)CC2C)(C(=O)O)CC1. The molecule has 0 spiro atoms. The second kappa shape index (κ2) is 6.22. The average Bonchev–Trinajstić information content (AvgIpc) is 2.41. The van der Waals surface area contributed by atoms with E-state index in [0.717, 1.165) is 25.9 Å². The Morgan fingerprint density at radius 2 is 1.81 bits per heavy atom. The fraction of sp³-hybridized carbons (Fsp3) is 0.867. The summed E-state index contributed by atoms with van der Waals surface area (Å²) in [5, 5.41) is 12.4. The maximum absolute atomic E-state index is 12.5. The highest BCUT2D eigenvalue weighted by molar-refractivity contribution is 5.86. The Hall–Kier alpha value is -1.30. The number of piperazine rings is 1. The van der Waals surface area contributed by atoms with Crippen LogP contribution in [0, 0.1) is 5.92 Å². The minimum Gasteiger partial charge on any atom is -0.480 e. The third-order valence-electron chi connectivity index (χ3n) is 4.97. The molecule has 6 heteroatoms. The van der Waals surface area contributed by atoms with Gasteiger partial charge >= 0.3 is 12.0 Å². The summed E-state index contributed by atoms with van der Waals surface area (Å²) in [6.45, 7) is 6.44. The van der Waals surface area contributed by atoms with E-state index in [2.05, 4.69) is 17.1 Å².